The molecule has 7 heteroatoms. The van der Waals surface area contributed by atoms with E-state index in [4.69, 9.17) is 8.94 Å². The Labute approximate surface area is 155 Å². The van der Waals surface area contributed by atoms with Crippen LogP contribution in [0, 0.1) is 0 Å². The first-order valence-corrected chi connectivity index (χ1v) is 8.84. The van der Waals surface area contributed by atoms with Gasteiger partial charge in [-0.2, -0.15) is 0 Å². The SMILES string of the molecule is O=C(NC1CCc2onc(C(=O)NCc3ccco3)c2C1)c1ccccc1. The summed E-state index contributed by atoms with van der Waals surface area (Å²) >= 11 is 0. The number of benzene rings is 1. The van der Waals surface area contributed by atoms with Crippen LogP contribution in [0.1, 0.15) is 44.4 Å². The molecule has 1 aliphatic rings. The van der Waals surface area contributed by atoms with Crippen molar-refractivity contribution in [2.45, 2.75) is 31.8 Å². The Bertz CT molecular complexity index is 932. The Morgan fingerprint density at radius 3 is 2.74 bits per heavy atom. The van der Waals surface area contributed by atoms with Crippen LogP contribution in [0.15, 0.2) is 57.7 Å². The van der Waals surface area contributed by atoms with E-state index in [1.165, 1.54) is 0 Å². The number of aromatic nitrogens is 1. The lowest BCUT2D eigenvalue weighted by atomic mass is 9.91. The fourth-order valence-electron chi connectivity index (χ4n) is 3.23. The van der Waals surface area contributed by atoms with Gasteiger partial charge in [0.05, 0.1) is 12.8 Å². The zero-order valence-corrected chi connectivity index (χ0v) is 14.6. The molecule has 0 aliphatic heterocycles. The van der Waals surface area contributed by atoms with Crippen LogP contribution in [0.25, 0.3) is 0 Å². The maximum absolute atomic E-state index is 12.5. The Morgan fingerprint density at radius 2 is 1.96 bits per heavy atom. The molecule has 1 unspecified atom stereocenters. The maximum Gasteiger partial charge on any atom is 0.274 e. The normalized spacial score (nSPS) is 15.8. The molecule has 3 aromatic rings. The van der Waals surface area contributed by atoms with Gasteiger partial charge >= 0.3 is 0 Å². The van der Waals surface area contributed by atoms with E-state index in [9.17, 15) is 9.59 Å². The Balaban J connectivity index is 1.42. The highest BCUT2D eigenvalue weighted by Crippen LogP contribution is 2.25. The summed E-state index contributed by atoms with van der Waals surface area (Å²) in [4.78, 5) is 24.8. The average molecular weight is 365 g/mol. The third kappa shape index (κ3) is 3.76. The second kappa shape index (κ2) is 7.49. The minimum absolute atomic E-state index is 0.0683. The van der Waals surface area contributed by atoms with Crippen molar-refractivity contribution in [3.63, 3.8) is 0 Å². The van der Waals surface area contributed by atoms with Crippen molar-refractivity contribution < 1.29 is 18.5 Å². The summed E-state index contributed by atoms with van der Waals surface area (Å²) < 4.78 is 10.5. The third-order valence-corrected chi connectivity index (χ3v) is 4.63. The summed E-state index contributed by atoms with van der Waals surface area (Å²) in [5.74, 6) is 0.938. The first-order valence-electron chi connectivity index (χ1n) is 8.84. The standard InChI is InChI=1S/C20H19N3O4/c24-19(13-5-2-1-3-6-13)22-14-8-9-17-16(11-14)18(23-27-17)20(25)21-12-15-7-4-10-26-15/h1-7,10,14H,8-9,11-12H2,(H,21,25)(H,22,24). The topological polar surface area (TPSA) is 97.4 Å². The lowest BCUT2D eigenvalue weighted by Gasteiger charge is -2.22. The van der Waals surface area contributed by atoms with Crippen LogP contribution < -0.4 is 10.6 Å². The summed E-state index contributed by atoms with van der Waals surface area (Å²) in [5, 5.41) is 9.75. The molecule has 1 aromatic carbocycles. The first kappa shape index (κ1) is 17.1. The molecule has 1 aliphatic carbocycles. The number of aryl methyl sites for hydroxylation is 1. The number of hydrogen-bond donors (Lipinski definition) is 2. The van der Waals surface area contributed by atoms with Gasteiger partial charge in [0.25, 0.3) is 11.8 Å². The molecule has 7 nitrogen and oxygen atoms in total. The molecule has 2 aromatic heterocycles. The molecule has 4 rings (SSSR count). The lowest BCUT2D eigenvalue weighted by molar-refractivity contribution is 0.0930. The van der Waals surface area contributed by atoms with Crippen molar-refractivity contribution in [2.24, 2.45) is 0 Å². The summed E-state index contributed by atoms with van der Waals surface area (Å²) in [5.41, 5.74) is 1.65. The molecule has 0 saturated heterocycles. The summed E-state index contributed by atoms with van der Waals surface area (Å²) in [7, 11) is 0. The molecule has 0 fully saturated rings. The fourth-order valence-corrected chi connectivity index (χ4v) is 3.23. The van der Waals surface area contributed by atoms with Crippen molar-refractivity contribution in [1.82, 2.24) is 15.8 Å². The molecule has 0 spiro atoms. The van der Waals surface area contributed by atoms with E-state index in [2.05, 4.69) is 15.8 Å². The number of nitrogens with zero attached hydrogens (tertiary/aromatic N) is 1. The summed E-state index contributed by atoms with van der Waals surface area (Å²) in [6.45, 7) is 0.279. The molecule has 2 heterocycles. The van der Waals surface area contributed by atoms with Crippen molar-refractivity contribution >= 4 is 11.8 Å². The van der Waals surface area contributed by atoms with E-state index in [-0.39, 0.29) is 30.1 Å². The van der Waals surface area contributed by atoms with E-state index in [0.717, 1.165) is 12.0 Å². The molecule has 27 heavy (non-hydrogen) atoms. The molecule has 0 saturated carbocycles. The van der Waals surface area contributed by atoms with Crippen LogP contribution in [-0.4, -0.2) is 23.0 Å². The Morgan fingerprint density at radius 1 is 1.11 bits per heavy atom. The van der Waals surface area contributed by atoms with E-state index >= 15 is 0 Å². The number of nitrogens with one attached hydrogen (secondary N) is 2. The molecule has 2 N–H and O–H groups in total. The average Bonchev–Trinajstić information content (AvgIpc) is 3.36. The van der Waals surface area contributed by atoms with Gasteiger partial charge in [-0.3, -0.25) is 9.59 Å². The highest BCUT2D eigenvalue weighted by atomic mass is 16.5. The quantitative estimate of drug-likeness (QED) is 0.724. The van der Waals surface area contributed by atoms with Gasteiger partial charge in [-0.25, -0.2) is 0 Å². The van der Waals surface area contributed by atoms with E-state index < -0.39 is 0 Å². The van der Waals surface area contributed by atoms with Gasteiger partial charge in [-0.15, -0.1) is 0 Å². The number of fused-ring (bicyclic) bond motifs is 1. The zero-order chi connectivity index (χ0) is 18.6. The van der Waals surface area contributed by atoms with E-state index in [1.54, 1.807) is 30.5 Å². The van der Waals surface area contributed by atoms with Crippen LogP contribution >= 0.6 is 0 Å². The molecule has 138 valence electrons. The number of carbonyl (C=O) groups excluding carboxylic acids is 2. The second-order valence-electron chi connectivity index (χ2n) is 6.47. The fraction of sp³-hybridized carbons (Fsp3) is 0.250. The number of rotatable bonds is 5. The van der Waals surface area contributed by atoms with Crippen molar-refractivity contribution in [3.8, 4) is 0 Å². The second-order valence-corrected chi connectivity index (χ2v) is 6.47. The first-order chi connectivity index (χ1) is 13.2. The summed E-state index contributed by atoms with van der Waals surface area (Å²) in [6.07, 6.45) is 3.45. The van der Waals surface area contributed by atoms with Crippen molar-refractivity contribution in [1.29, 1.82) is 0 Å². The molecular formula is C20H19N3O4. The van der Waals surface area contributed by atoms with E-state index in [0.29, 0.717) is 29.9 Å². The summed E-state index contributed by atoms with van der Waals surface area (Å²) in [6, 6.07) is 12.6. The van der Waals surface area contributed by atoms with Gasteiger partial charge < -0.3 is 19.6 Å². The van der Waals surface area contributed by atoms with Crippen LogP contribution in [0.2, 0.25) is 0 Å². The molecule has 2 amide bonds. The van der Waals surface area contributed by atoms with Gasteiger partial charge in [-0.05, 0) is 37.1 Å². The molecule has 0 radical (unpaired) electrons. The van der Waals surface area contributed by atoms with Crippen LogP contribution in [0.5, 0.6) is 0 Å². The third-order valence-electron chi connectivity index (χ3n) is 4.63. The van der Waals surface area contributed by atoms with Gasteiger partial charge in [0.2, 0.25) is 0 Å². The predicted molar refractivity (Wildman–Crippen MR) is 96.1 cm³/mol. The monoisotopic (exact) mass is 365 g/mol. The zero-order valence-electron chi connectivity index (χ0n) is 14.6. The Hall–Kier alpha value is -3.35. The smallest absolute Gasteiger partial charge is 0.274 e. The van der Waals surface area contributed by atoms with Gasteiger partial charge in [0.15, 0.2) is 5.69 Å². The number of furan rings is 1. The number of amides is 2. The molecule has 1 atom stereocenters. The number of carbonyl (C=O) groups is 2. The van der Waals surface area contributed by atoms with Crippen molar-refractivity contribution in [3.05, 3.63) is 77.1 Å². The van der Waals surface area contributed by atoms with Crippen molar-refractivity contribution in [2.75, 3.05) is 0 Å². The van der Waals surface area contributed by atoms with Gasteiger partial charge in [0.1, 0.15) is 11.5 Å². The maximum atomic E-state index is 12.5. The highest BCUT2D eigenvalue weighted by molar-refractivity contribution is 5.95. The predicted octanol–water partition coefficient (Wildman–Crippen LogP) is 2.48. The van der Waals surface area contributed by atoms with Gasteiger partial charge in [-0.1, -0.05) is 23.4 Å². The minimum atomic E-state index is -0.313. The van der Waals surface area contributed by atoms with Crippen LogP contribution in [-0.2, 0) is 19.4 Å². The van der Waals surface area contributed by atoms with Crippen LogP contribution in [0.3, 0.4) is 0 Å². The number of hydrogen-bond acceptors (Lipinski definition) is 5. The van der Waals surface area contributed by atoms with Gasteiger partial charge in [0, 0.05) is 23.6 Å². The molecular weight excluding hydrogens is 346 g/mol. The minimum Gasteiger partial charge on any atom is -0.467 e. The van der Waals surface area contributed by atoms with Crippen LogP contribution in [0.4, 0.5) is 0 Å². The Kier molecular flexibility index (Phi) is 4.74. The highest BCUT2D eigenvalue weighted by Gasteiger charge is 2.29. The van der Waals surface area contributed by atoms with E-state index in [1.807, 2.05) is 18.2 Å². The largest absolute Gasteiger partial charge is 0.467 e. The lowest BCUT2D eigenvalue weighted by Crippen LogP contribution is -2.39. The molecule has 0 bridgehead atoms.